The van der Waals surface area contributed by atoms with Crippen LogP contribution in [0, 0.1) is 18.6 Å². The molecule has 1 aromatic heterocycles. The second-order valence-corrected chi connectivity index (χ2v) is 6.38. The van der Waals surface area contributed by atoms with Crippen LogP contribution in [0.5, 0.6) is 5.75 Å². The zero-order chi connectivity index (χ0) is 19.5. The van der Waals surface area contributed by atoms with Gasteiger partial charge in [-0.2, -0.15) is 4.98 Å². The number of benzene rings is 3. The Labute approximate surface area is 160 Å². The first-order valence-electron chi connectivity index (χ1n) is 8.66. The zero-order valence-electron chi connectivity index (χ0n) is 15.0. The number of rotatable bonds is 5. The van der Waals surface area contributed by atoms with E-state index >= 15 is 0 Å². The molecule has 0 spiro atoms. The van der Waals surface area contributed by atoms with Gasteiger partial charge in [0.15, 0.2) is 0 Å². The Bertz CT molecular complexity index is 1090. The van der Waals surface area contributed by atoms with Gasteiger partial charge in [-0.1, -0.05) is 35.0 Å². The Balaban J connectivity index is 1.47. The van der Waals surface area contributed by atoms with E-state index in [1.165, 1.54) is 5.56 Å². The third-order valence-corrected chi connectivity index (χ3v) is 4.14. The fraction of sp³-hybridized carbons (Fsp3) is 0.0909. The lowest BCUT2D eigenvalue weighted by Gasteiger charge is -2.07. The normalized spacial score (nSPS) is 10.8. The summed E-state index contributed by atoms with van der Waals surface area (Å²) in [5.74, 6) is -0.325. The SMILES string of the molecule is Cc1cccc(COc2ccc(-c3noc(-c4cc(F)cc(F)c4)n3)cc2)c1. The first-order chi connectivity index (χ1) is 13.6. The summed E-state index contributed by atoms with van der Waals surface area (Å²) in [4.78, 5) is 4.21. The quantitative estimate of drug-likeness (QED) is 0.456. The zero-order valence-corrected chi connectivity index (χ0v) is 15.0. The van der Waals surface area contributed by atoms with E-state index in [0.717, 1.165) is 23.8 Å². The molecule has 0 saturated carbocycles. The molecule has 6 heteroatoms. The lowest BCUT2D eigenvalue weighted by Crippen LogP contribution is -1.95. The van der Waals surface area contributed by atoms with E-state index in [0.29, 0.717) is 23.7 Å². The van der Waals surface area contributed by atoms with E-state index in [1.54, 1.807) is 12.1 Å². The molecule has 1 heterocycles. The standard InChI is InChI=1S/C22H16F2N2O2/c1-14-3-2-4-15(9-14)13-27-20-7-5-16(6-8-20)21-25-22(28-26-21)17-10-18(23)12-19(24)11-17/h2-12H,13H2,1H3. The predicted octanol–water partition coefficient (Wildman–Crippen LogP) is 5.57. The van der Waals surface area contributed by atoms with Gasteiger partial charge in [-0.15, -0.1) is 0 Å². The van der Waals surface area contributed by atoms with E-state index in [1.807, 2.05) is 37.3 Å². The first kappa shape index (κ1) is 17.9. The van der Waals surface area contributed by atoms with Gasteiger partial charge in [0, 0.05) is 17.2 Å². The fourth-order valence-corrected chi connectivity index (χ4v) is 2.80. The Kier molecular flexibility index (Phi) is 4.85. The van der Waals surface area contributed by atoms with Crippen molar-refractivity contribution in [2.75, 3.05) is 0 Å². The third-order valence-electron chi connectivity index (χ3n) is 4.14. The maximum Gasteiger partial charge on any atom is 0.258 e. The van der Waals surface area contributed by atoms with Crippen LogP contribution in [0.15, 0.2) is 71.3 Å². The molecule has 3 aromatic carbocycles. The molecular weight excluding hydrogens is 362 g/mol. The summed E-state index contributed by atoms with van der Waals surface area (Å²) in [5, 5.41) is 3.88. The van der Waals surface area contributed by atoms with Gasteiger partial charge < -0.3 is 9.26 Å². The Morgan fingerprint density at radius 3 is 2.36 bits per heavy atom. The van der Waals surface area contributed by atoms with Crippen molar-refractivity contribution in [3.63, 3.8) is 0 Å². The molecular formula is C22H16F2N2O2. The molecule has 0 aliphatic rings. The van der Waals surface area contributed by atoms with E-state index in [2.05, 4.69) is 16.2 Å². The second-order valence-electron chi connectivity index (χ2n) is 6.38. The molecule has 0 bridgehead atoms. The molecule has 0 saturated heterocycles. The lowest BCUT2D eigenvalue weighted by atomic mass is 10.1. The van der Waals surface area contributed by atoms with Gasteiger partial charge in [0.1, 0.15) is 24.0 Å². The van der Waals surface area contributed by atoms with Crippen LogP contribution in [-0.4, -0.2) is 10.1 Å². The lowest BCUT2D eigenvalue weighted by molar-refractivity contribution is 0.306. The fourth-order valence-electron chi connectivity index (χ4n) is 2.80. The maximum atomic E-state index is 13.4. The summed E-state index contributed by atoms with van der Waals surface area (Å²) in [6.07, 6.45) is 0. The molecule has 0 unspecified atom stereocenters. The molecule has 0 aliphatic heterocycles. The van der Waals surface area contributed by atoms with Crippen molar-refractivity contribution < 1.29 is 18.0 Å². The largest absolute Gasteiger partial charge is 0.489 e. The van der Waals surface area contributed by atoms with Gasteiger partial charge in [0.25, 0.3) is 5.89 Å². The summed E-state index contributed by atoms with van der Waals surface area (Å²) in [6.45, 7) is 2.51. The summed E-state index contributed by atoms with van der Waals surface area (Å²) in [5.41, 5.74) is 3.17. The number of hydrogen-bond acceptors (Lipinski definition) is 4. The summed E-state index contributed by atoms with van der Waals surface area (Å²) in [7, 11) is 0. The average molecular weight is 378 g/mol. The molecule has 4 nitrogen and oxygen atoms in total. The van der Waals surface area contributed by atoms with Crippen LogP contribution in [-0.2, 0) is 6.61 Å². The van der Waals surface area contributed by atoms with Crippen LogP contribution in [0.4, 0.5) is 8.78 Å². The van der Waals surface area contributed by atoms with Crippen molar-refractivity contribution in [1.29, 1.82) is 0 Å². The molecule has 0 amide bonds. The van der Waals surface area contributed by atoms with E-state index < -0.39 is 11.6 Å². The Morgan fingerprint density at radius 2 is 1.64 bits per heavy atom. The van der Waals surface area contributed by atoms with Crippen LogP contribution >= 0.6 is 0 Å². The summed E-state index contributed by atoms with van der Waals surface area (Å²) < 4.78 is 37.7. The Morgan fingerprint density at radius 1 is 0.893 bits per heavy atom. The van der Waals surface area contributed by atoms with E-state index in [9.17, 15) is 8.78 Å². The summed E-state index contributed by atoms with van der Waals surface area (Å²) in [6, 6.07) is 18.4. The number of aromatic nitrogens is 2. The van der Waals surface area contributed by atoms with Gasteiger partial charge in [-0.05, 0) is 48.9 Å². The minimum atomic E-state index is -0.704. The van der Waals surface area contributed by atoms with Crippen LogP contribution in [0.25, 0.3) is 22.8 Å². The van der Waals surface area contributed by atoms with Crippen molar-refractivity contribution in [3.8, 4) is 28.6 Å². The molecule has 0 radical (unpaired) electrons. The minimum absolute atomic E-state index is 0.0492. The highest BCUT2D eigenvalue weighted by molar-refractivity contribution is 5.60. The van der Waals surface area contributed by atoms with E-state index in [4.69, 9.17) is 9.26 Å². The maximum absolute atomic E-state index is 13.4. The number of halogens is 2. The molecule has 0 N–H and O–H groups in total. The highest BCUT2D eigenvalue weighted by atomic mass is 19.1. The molecule has 0 fully saturated rings. The third kappa shape index (κ3) is 4.06. The first-order valence-corrected chi connectivity index (χ1v) is 8.66. The number of aryl methyl sites for hydroxylation is 1. The Hall–Kier alpha value is -3.54. The van der Waals surface area contributed by atoms with Crippen molar-refractivity contribution in [1.82, 2.24) is 10.1 Å². The number of hydrogen-bond donors (Lipinski definition) is 0. The van der Waals surface area contributed by atoms with Crippen LogP contribution in [0.2, 0.25) is 0 Å². The summed E-state index contributed by atoms with van der Waals surface area (Å²) >= 11 is 0. The van der Waals surface area contributed by atoms with Crippen molar-refractivity contribution >= 4 is 0 Å². The molecule has 0 atom stereocenters. The minimum Gasteiger partial charge on any atom is -0.489 e. The van der Waals surface area contributed by atoms with Gasteiger partial charge in [-0.25, -0.2) is 8.78 Å². The molecule has 4 rings (SSSR count). The van der Waals surface area contributed by atoms with Gasteiger partial charge in [0.05, 0.1) is 0 Å². The number of nitrogens with zero attached hydrogens (tertiary/aromatic N) is 2. The predicted molar refractivity (Wildman–Crippen MR) is 101 cm³/mol. The van der Waals surface area contributed by atoms with Crippen LogP contribution in [0.1, 0.15) is 11.1 Å². The highest BCUT2D eigenvalue weighted by Crippen LogP contribution is 2.25. The number of ether oxygens (including phenoxy) is 1. The van der Waals surface area contributed by atoms with Crippen molar-refractivity contribution in [2.45, 2.75) is 13.5 Å². The van der Waals surface area contributed by atoms with Crippen LogP contribution < -0.4 is 4.74 Å². The molecule has 4 aromatic rings. The van der Waals surface area contributed by atoms with Gasteiger partial charge in [-0.3, -0.25) is 0 Å². The smallest absolute Gasteiger partial charge is 0.258 e. The van der Waals surface area contributed by atoms with Crippen molar-refractivity contribution in [2.24, 2.45) is 0 Å². The topological polar surface area (TPSA) is 48.2 Å². The van der Waals surface area contributed by atoms with Crippen LogP contribution in [0.3, 0.4) is 0 Å². The van der Waals surface area contributed by atoms with E-state index in [-0.39, 0.29) is 11.5 Å². The monoisotopic (exact) mass is 378 g/mol. The van der Waals surface area contributed by atoms with Gasteiger partial charge in [0.2, 0.25) is 5.82 Å². The second kappa shape index (κ2) is 7.60. The molecule has 28 heavy (non-hydrogen) atoms. The van der Waals surface area contributed by atoms with Crippen molar-refractivity contribution in [3.05, 3.63) is 89.5 Å². The average Bonchev–Trinajstić information content (AvgIpc) is 3.16. The van der Waals surface area contributed by atoms with Gasteiger partial charge >= 0.3 is 0 Å². The molecule has 140 valence electrons. The highest BCUT2D eigenvalue weighted by Gasteiger charge is 2.13. The molecule has 0 aliphatic carbocycles.